The highest BCUT2D eigenvalue weighted by Crippen LogP contribution is 2.54. The summed E-state index contributed by atoms with van der Waals surface area (Å²) in [6.45, 7) is 1.63. The van der Waals surface area contributed by atoms with Crippen LogP contribution in [0.15, 0.2) is 30.1 Å². The number of rotatable bonds is 2. The van der Waals surface area contributed by atoms with Crippen LogP contribution >= 0.6 is 0 Å². The van der Waals surface area contributed by atoms with E-state index in [9.17, 15) is 14.7 Å². The molecule has 1 aromatic rings. The number of amides is 1. The summed E-state index contributed by atoms with van der Waals surface area (Å²) >= 11 is 0. The number of nitrogens with two attached hydrogens (primary N) is 1. The molecule has 6 nitrogen and oxygen atoms in total. The van der Waals surface area contributed by atoms with Crippen LogP contribution in [0.4, 0.5) is 0 Å². The van der Waals surface area contributed by atoms with Gasteiger partial charge in [0.25, 0.3) is 5.91 Å². The Bertz CT molecular complexity index is 747. The minimum Gasteiger partial charge on any atom is -0.507 e. The van der Waals surface area contributed by atoms with Crippen molar-refractivity contribution in [3.05, 3.63) is 41.2 Å². The molecule has 1 aliphatic heterocycles. The third-order valence-electron chi connectivity index (χ3n) is 3.88. The topological polar surface area (TPSA) is 98.9 Å². The molecule has 0 saturated carbocycles. The maximum absolute atomic E-state index is 12.3. The number of hydrogen-bond donors (Lipinski definition) is 2. The summed E-state index contributed by atoms with van der Waals surface area (Å²) < 4.78 is 10.7. The molecule has 0 fully saturated rings. The summed E-state index contributed by atoms with van der Waals surface area (Å²) in [4.78, 5) is 24.0. The molecule has 1 amide bonds. The van der Waals surface area contributed by atoms with E-state index in [2.05, 4.69) is 0 Å². The molecule has 3 N–H and O–H groups in total. The Labute approximate surface area is 120 Å². The molecule has 3 rings (SSSR count). The maximum atomic E-state index is 12.3. The van der Waals surface area contributed by atoms with Crippen molar-refractivity contribution in [2.24, 2.45) is 5.73 Å². The van der Waals surface area contributed by atoms with Crippen molar-refractivity contribution in [3.8, 4) is 17.2 Å². The molecule has 0 aromatic heterocycles. The molecule has 0 saturated heterocycles. The minimum atomic E-state index is -1.16. The number of ketones is 1. The zero-order valence-corrected chi connectivity index (χ0v) is 11.5. The highest BCUT2D eigenvalue weighted by Gasteiger charge is 2.51. The number of phenolic OH excluding ortho intramolecular Hbond substituents is 1. The smallest absolute Gasteiger partial charge is 0.256 e. The fourth-order valence-electron chi connectivity index (χ4n) is 2.77. The molecule has 1 unspecified atom stereocenters. The van der Waals surface area contributed by atoms with Crippen molar-refractivity contribution in [1.29, 1.82) is 0 Å². The van der Waals surface area contributed by atoms with Crippen LogP contribution in [-0.4, -0.2) is 23.9 Å². The van der Waals surface area contributed by atoms with Crippen molar-refractivity contribution in [1.82, 2.24) is 0 Å². The van der Waals surface area contributed by atoms with Crippen molar-refractivity contribution >= 4 is 11.7 Å². The summed E-state index contributed by atoms with van der Waals surface area (Å²) in [6.07, 6.45) is 4.58. The van der Waals surface area contributed by atoms with Gasteiger partial charge in [0.1, 0.15) is 28.2 Å². The quantitative estimate of drug-likeness (QED) is 0.850. The second-order valence-corrected chi connectivity index (χ2v) is 5.02. The van der Waals surface area contributed by atoms with E-state index in [4.69, 9.17) is 15.2 Å². The molecule has 6 heteroatoms. The van der Waals surface area contributed by atoms with E-state index in [1.54, 1.807) is 19.1 Å². The van der Waals surface area contributed by atoms with E-state index < -0.39 is 11.3 Å². The third kappa shape index (κ3) is 1.53. The van der Waals surface area contributed by atoms with Gasteiger partial charge < -0.3 is 20.3 Å². The Balaban J connectivity index is 2.38. The van der Waals surface area contributed by atoms with E-state index in [0.29, 0.717) is 5.76 Å². The lowest BCUT2D eigenvalue weighted by atomic mass is 9.75. The van der Waals surface area contributed by atoms with Gasteiger partial charge in [-0.25, -0.2) is 0 Å². The second-order valence-electron chi connectivity index (χ2n) is 5.02. The Morgan fingerprint density at radius 1 is 1.48 bits per heavy atom. The van der Waals surface area contributed by atoms with Gasteiger partial charge in [0.05, 0.1) is 12.7 Å². The van der Waals surface area contributed by atoms with Crippen LogP contribution in [0.25, 0.3) is 0 Å². The van der Waals surface area contributed by atoms with Gasteiger partial charge in [0, 0.05) is 6.07 Å². The molecule has 1 atom stereocenters. The first-order valence-corrected chi connectivity index (χ1v) is 6.26. The number of benzene rings is 1. The van der Waals surface area contributed by atoms with Crippen LogP contribution < -0.4 is 15.2 Å². The van der Waals surface area contributed by atoms with Gasteiger partial charge in [-0.05, 0) is 19.1 Å². The second kappa shape index (κ2) is 4.12. The summed E-state index contributed by atoms with van der Waals surface area (Å²) in [5.74, 6) is -0.661. The zero-order chi connectivity index (χ0) is 15.4. The predicted molar refractivity (Wildman–Crippen MR) is 73.4 cm³/mol. The lowest BCUT2D eigenvalue weighted by Crippen LogP contribution is -2.32. The van der Waals surface area contributed by atoms with Gasteiger partial charge in [-0.15, -0.1) is 0 Å². The monoisotopic (exact) mass is 287 g/mol. The lowest BCUT2D eigenvalue weighted by Gasteiger charge is -2.23. The number of aromatic hydroxyl groups is 1. The van der Waals surface area contributed by atoms with E-state index in [1.807, 2.05) is 0 Å². The molecule has 108 valence electrons. The summed E-state index contributed by atoms with van der Waals surface area (Å²) in [5.41, 5.74) is 4.46. The molecule has 1 heterocycles. The molecule has 1 aromatic carbocycles. The van der Waals surface area contributed by atoms with Crippen LogP contribution in [-0.2, 0) is 10.2 Å². The van der Waals surface area contributed by atoms with Crippen LogP contribution in [0, 0.1) is 0 Å². The average molecular weight is 287 g/mol. The molecule has 1 aliphatic carbocycles. The number of phenols is 1. The standard InChI is InChI=1S/C15H13NO5/c1-15-9(18)4-3-5-10(15)21-13-11(14(16)19)8(20-2)6-7(17)12(13)15/h3-6,17H,1-2H3,(H2,16,19). The number of allylic oxidation sites excluding steroid dienone is 4. The van der Waals surface area contributed by atoms with Crippen LogP contribution in [0.5, 0.6) is 17.2 Å². The molecular weight excluding hydrogens is 274 g/mol. The first kappa shape index (κ1) is 13.2. The zero-order valence-electron chi connectivity index (χ0n) is 11.5. The predicted octanol–water partition coefficient (Wildman–Crippen LogP) is 1.17. The van der Waals surface area contributed by atoms with Gasteiger partial charge in [-0.1, -0.05) is 6.08 Å². The van der Waals surface area contributed by atoms with E-state index >= 15 is 0 Å². The Kier molecular flexibility index (Phi) is 2.59. The number of carbonyl (C=O) groups excluding carboxylic acids is 2. The fourth-order valence-corrected chi connectivity index (χ4v) is 2.77. The summed E-state index contributed by atoms with van der Waals surface area (Å²) in [6, 6.07) is 1.27. The average Bonchev–Trinajstić information content (AvgIpc) is 2.73. The van der Waals surface area contributed by atoms with Crippen LogP contribution in [0.1, 0.15) is 22.8 Å². The molecule has 0 bridgehead atoms. The first-order valence-electron chi connectivity index (χ1n) is 6.26. The van der Waals surface area contributed by atoms with Crippen molar-refractivity contribution in [3.63, 3.8) is 0 Å². The van der Waals surface area contributed by atoms with Gasteiger partial charge >= 0.3 is 0 Å². The van der Waals surface area contributed by atoms with E-state index in [1.165, 1.54) is 19.3 Å². The van der Waals surface area contributed by atoms with Crippen molar-refractivity contribution in [2.75, 3.05) is 7.11 Å². The number of primary amides is 1. The molecule has 0 spiro atoms. The highest BCUT2D eigenvalue weighted by atomic mass is 16.5. The summed E-state index contributed by atoms with van der Waals surface area (Å²) in [7, 11) is 1.35. The molecule has 21 heavy (non-hydrogen) atoms. The third-order valence-corrected chi connectivity index (χ3v) is 3.88. The number of ether oxygens (including phenoxy) is 2. The SMILES string of the molecule is COc1cc(O)c2c(c1C(N)=O)OC1=CC=CC(=O)C12C. The van der Waals surface area contributed by atoms with E-state index in [0.717, 1.165) is 0 Å². The van der Waals surface area contributed by atoms with E-state index in [-0.39, 0.29) is 34.2 Å². The molecular formula is C15H13NO5. The lowest BCUT2D eigenvalue weighted by molar-refractivity contribution is -0.118. The number of hydrogen-bond acceptors (Lipinski definition) is 5. The largest absolute Gasteiger partial charge is 0.507 e. The van der Waals surface area contributed by atoms with Crippen LogP contribution in [0.2, 0.25) is 0 Å². The minimum absolute atomic E-state index is 0.00891. The summed E-state index contributed by atoms with van der Waals surface area (Å²) in [5, 5.41) is 10.3. The van der Waals surface area contributed by atoms with Gasteiger partial charge in [0.2, 0.25) is 0 Å². The highest BCUT2D eigenvalue weighted by molar-refractivity contribution is 6.07. The molecule has 2 aliphatic rings. The van der Waals surface area contributed by atoms with Crippen molar-refractivity contribution in [2.45, 2.75) is 12.3 Å². The fraction of sp³-hybridized carbons (Fsp3) is 0.200. The number of fused-ring (bicyclic) bond motifs is 3. The molecule has 0 radical (unpaired) electrons. The first-order chi connectivity index (χ1) is 9.91. The van der Waals surface area contributed by atoms with Crippen LogP contribution in [0.3, 0.4) is 0 Å². The Hall–Kier alpha value is -2.76. The number of methoxy groups -OCH3 is 1. The van der Waals surface area contributed by atoms with Gasteiger partial charge in [-0.2, -0.15) is 0 Å². The van der Waals surface area contributed by atoms with Crippen molar-refractivity contribution < 1.29 is 24.2 Å². The van der Waals surface area contributed by atoms with Gasteiger partial charge in [-0.3, -0.25) is 9.59 Å². The Morgan fingerprint density at radius 2 is 2.19 bits per heavy atom. The Morgan fingerprint density at radius 3 is 2.81 bits per heavy atom. The normalized spacial score (nSPS) is 22.2. The maximum Gasteiger partial charge on any atom is 0.256 e. The number of carbonyl (C=O) groups is 2. The van der Waals surface area contributed by atoms with Gasteiger partial charge in [0.15, 0.2) is 11.5 Å².